The summed E-state index contributed by atoms with van der Waals surface area (Å²) in [5, 5.41) is 6.30. The Labute approximate surface area is 51.5 Å². The Morgan fingerprint density at radius 1 is 1.67 bits per heavy atom. The summed E-state index contributed by atoms with van der Waals surface area (Å²) in [7, 11) is 0. The van der Waals surface area contributed by atoms with Gasteiger partial charge in [0.25, 0.3) is 0 Å². The Balaban J connectivity index is 3.39. The van der Waals surface area contributed by atoms with E-state index in [1.165, 1.54) is 6.92 Å². The third-order valence-electron chi connectivity index (χ3n) is 0.413. The first kappa shape index (κ1) is 7.61. The van der Waals surface area contributed by atoms with Crippen molar-refractivity contribution in [2.75, 3.05) is 0 Å². The number of carbonyl (C=O) groups excluding carboxylic acids is 2. The Morgan fingerprint density at radius 2 is 2.22 bits per heavy atom. The van der Waals surface area contributed by atoms with Crippen LogP contribution in [-0.2, 0) is 14.4 Å². The van der Waals surface area contributed by atoms with Gasteiger partial charge in [0.2, 0.25) is 5.91 Å². The van der Waals surface area contributed by atoms with Crippen LogP contribution in [0.15, 0.2) is 0 Å². The molecule has 0 spiro atoms. The minimum atomic E-state index is -0.898. The summed E-state index contributed by atoms with van der Waals surface area (Å²) in [5.74, 6) is -1.38. The van der Waals surface area contributed by atoms with Gasteiger partial charge in [-0.05, 0) is 0 Å². The fourth-order valence-corrected chi connectivity index (χ4v) is 0.152. The standard InChI is InChI=1S/C4H6N2O3/c1-3(7)6-9-4(8)2-5/h2,5H,1H3,(H,6,7). The predicted molar refractivity (Wildman–Crippen MR) is 28.7 cm³/mol. The van der Waals surface area contributed by atoms with Gasteiger partial charge in [0.05, 0.1) is 0 Å². The van der Waals surface area contributed by atoms with E-state index in [9.17, 15) is 9.59 Å². The van der Waals surface area contributed by atoms with Crippen LogP contribution in [0.25, 0.3) is 0 Å². The average molecular weight is 130 g/mol. The molecule has 1 amide bonds. The smallest absolute Gasteiger partial charge is 0.334 e. The van der Waals surface area contributed by atoms with Crippen LogP contribution in [0.1, 0.15) is 6.92 Å². The third kappa shape index (κ3) is 4.46. The largest absolute Gasteiger partial charge is 0.373 e. The first-order valence-electron chi connectivity index (χ1n) is 2.14. The number of amides is 1. The van der Waals surface area contributed by atoms with Crippen molar-refractivity contribution in [3.05, 3.63) is 0 Å². The average Bonchev–Trinajstić information content (AvgIpc) is 1.83. The summed E-state index contributed by atoms with van der Waals surface area (Å²) in [5.41, 5.74) is 1.76. The topological polar surface area (TPSA) is 79.2 Å². The first-order valence-corrected chi connectivity index (χ1v) is 2.14. The molecule has 0 unspecified atom stereocenters. The maximum atomic E-state index is 10.0. The van der Waals surface area contributed by atoms with Crippen LogP contribution >= 0.6 is 0 Å². The second-order valence-electron chi connectivity index (χ2n) is 1.22. The van der Waals surface area contributed by atoms with Crippen LogP contribution in [0.2, 0.25) is 0 Å². The van der Waals surface area contributed by atoms with E-state index in [2.05, 4.69) is 4.84 Å². The minimum Gasteiger partial charge on any atom is -0.334 e. The van der Waals surface area contributed by atoms with Crippen LogP contribution in [0.4, 0.5) is 0 Å². The van der Waals surface area contributed by atoms with Gasteiger partial charge >= 0.3 is 5.97 Å². The molecule has 0 aliphatic rings. The van der Waals surface area contributed by atoms with Crippen LogP contribution in [0.5, 0.6) is 0 Å². The van der Waals surface area contributed by atoms with Gasteiger partial charge in [-0.25, -0.2) is 4.79 Å². The van der Waals surface area contributed by atoms with Crippen LogP contribution < -0.4 is 5.48 Å². The molecule has 0 radical (unpaired) electrons. The highest BCUT2D eigenvalue weighted by Gasteiger charge is 1.95. The van der Waals surface area contributed by atoms with E-state index in [4.69, 9.17) is 5.41 Å². The molecule has 0 saturated carbocycles. The molecule has 0 fully saturated rings. The monoisotopic (exact) mass is 130 g/mol. The highest BCUT2D eigenvalue weighted by atomic mass is 16.7. The molecule has 0 bridgehead atoms. The fourth-order valence-electron chi connectivity index (χ4n) is 0.152. The van der Waals surface area contributed by atoms with Crippen LogP contribution in [0, 0.1) is 5.41 Å². The molecule has 0 aromatic heterocycles. The summed E-state index contributed by atoms with van der Waals surface area (Å²) >= 11 is 0. The summed E-state index contributed by atoms with van der Waals surface area (Å²) < 4.78 is 0. The van der Waals surface area contributed by atoms with Gasteiger partial charge in [-0.15, -0.1) is 0 Å². The Morgan fingerprint density at radius 3 is 2.56 bits per heavy atom. The number of carbonyl (C=O) groups is 2. The molecule has 0 atom stereocenters. The zero-order valence-electron chi connectivity index (χ0n) is 4.80. The van der Waals surface area contributed by atoms with Crippen LogP contribution in [-0.4, -0.2) is 18.1 Å². The zero-order valence-corrected chi connectivity index (χ0v) is 4.80. The molecule has 5 heteroatoms. The van der Waals surface area contributed by atoms with E-state index >= 15 is 0 Å². The number of hydrogen-bond donors (Lipinski definition) is 2. The van der Waals surface area contributed by atoms with E-state index in [1.54, 1.807) is 5.48 Å². The van der Waals surface area contributed by atoms with Gasteiger partial charge in [-0.2, -0.15) is 5.48 Å². The molecule has 0 aromatic rings. The Bertz CT molecular complexity index is 143. The van der Waals surface area contributed by atoms with Gasteiger partial charge in [0, 0.05) is 6.92 Å². The molecule has 0 aliphatic carbocycles. The molecule has 0 aliphatic heterocycles. The SMILES string of the molecule is CC(=O)NOC(=O)C=N. The van der Waals surface area contributed by atoms with Gasteiger partial charge in [0.1, 0.15) is 6.21 Å². The molecular weight excluding hydrogens is 124 g/mol. The van der Waals surface area contributed by atoms with Gasteiger partial charge in [-0.3, -0.25) is 4.79 Å². The number of nitrogens with one attached hydrogen (secondary N) is 2. The normalized spacial score (nSPS) is 7.67. The molecule has 5 nitrogen and oxygen atoms in total. The van der Waals surface area contributed by atoms with Crippen molar-refractivity contribution in [1.82, 2.24) is 5.48 Å². The van der Waals surface area contributed by atoms with Crippen molar-refractivity contribution in [3.63, 3.8) is 0 Å². The number of hydrogen-bond acceptors (Lipinski definition) is 4. The molecule has 0 heterocycles. The van der Waals surface area contributed by atoms with E-state index < -0.39 is 11.9 Å². The lowest BCUT2D eigenvalue weighted by Crippen LogP contribution is -2.24. The second kappa shape index (κ2) is 3.59. The van der Waals surface area contributed by atoms with E-state index in [0.717, 1.165) is 0 Å². The molecule has 0 saturated heterocycles. The van der Waals surface area contributed by atoms with Crippen molar-refractivity contribution in [2.24, 2.45) is 0 Å². The van der Waals surface area contributed by atoms with E-state index in [1.807, 2.05) is 0 Å². The van der Waals surface area contributed by atoms with Crippen molar-refractivity contribution in [2.45, 2.75) is 6.92 Å². The minimum absolute atomic E-state index is 0.454. The summed E-state index contributed by atoms with van der Waals surface area (Å²) in [6.45, 7) is 1.19. The fraction of sp³-hybridized carbons (Fsp3) is 0.250. The first-order chi connectivity index (χ1) is 4.16. The molecule has 9 heavy (non-hydrogen) atoms. The highest BCUT2D eigenvalue weighted by molar-refractivity contribution is 6.21. The molecule has 2 N–H and O–H groups in total. The molecular formula is C4H6N2O3. The third-order valence-corrected chi connectivity index (χ3v) is 0.413. The van der Waals surface area contributed by atoms with Crippen molar-refractivity contribution in [3.8, 4) is 0 Å². The second-order valence-corrected chi connectivity index (χ2v) is 1.22. The molecule has 50 valence electrons. The number of rotatable bonds is 1. The quantitative estimate of drug-likeness (QED) is 0.361. The van der Waals surface area contributed by atoms with Crippen molar-refractivity contribution < 1.29 is 14.4 Å². The van der Waals surface area contributed by atoms with E-state index in [0.29, 0.717) is 6.21 Å². The van der Waals surface area contributed by atoms with Crippen molar-refractivity contribution in [1.29, 1.82) is 5.41 Å². The van der Waals surface area contributed by atoms with E-state index in [-0.39, 0.29) is 0 Å². The lowest BCUT2D eigenvalue weighted by molar-refractivity contribution is -0.150. The Kier molecular flexibility index (Phi) is 3.04. The zero-order chi connectivity index (χ0) is 7.28. The summed E-state index contributed by atoms with van der Waals surface area (Å²) in [6.07, 6.45) is 0.454. The number of hydroxylamine groups is 1. The summed E-state index contributed by atoms with van der Waals surface area (Å²) in [4.78, 5) is 24.0. The van der Waals surface area contributed by atoms with Crippen molar-refractivity contribution >= 4 is 18.1 Å². The predicted octanol–water partition coefficient (Wildman–Crippen LogP) is -0.770. The summed E-state index contributed by atoms with van der Waals surface area (Å²) in [6, 6.07) is 0. The lowest BCUT2D eigenvalue weighted by Gasteiger charge is -1.96. The van der Waals surface area contributed by atoms with Crippen LogP contribution in [0.3, 0.4) is 0 Å². The van der Waals surface area contributed by atoms with Gasteiger partial charge in [0.15, 0.2) is 0 Å². The molecule has 0 aromatic carbocycles. The maximum absolute atomic E-state index is 10.0. The Hall–Kier alpha value is -1.39. The lowest BCUT2D eigenvalue weighted by atomic mass is 10.7. The highest BCUT2D eigenvalue weighted by Crippen LogP contribution is 1.65. The van der Waals surface area contributed by atoms with Gasteiger partial charge in [-0.1, -0.05) is 0 Å². The maximum Gasteiger partial charge on any atom is 0.373 e. The van der Waals surface area contributed by atoms with Gasteiger partial charge < -0.3 is 10.2 Å². The molecule has 0 rings (SSSR count).